The molecule has 13 heteroatoms. The number of nitrogens with one attached hydrogen (secondary N) is 1. The molecular weight excluding hydrogens is 562 g/mol. The van der Waals surface area contributed by atoms with Gasteiger partial charge in [0, 0.05) is 17.5 Å². The highest BCUT2D eigenvalue weighted by Gasteiger charge is 2.21. The number of halogens is 2. The van der Waals surface area contributed by atoms with Gasteiger partial charge >= 0.3 is 7.82 Å². The molecule has 208 valence electrons. The first-order valence-corrected chi connectivity index (χ1v) is 14.2. The van der Waals surface area contributed by atoms with Crippen LogP contribution < -0.4 is 10.1 Å². The number of phosphoric ester groups is 1. The molecule has 1 aliphatic heterocycles. The van der Waals surface area contributed by atoms with Gasteiger partial charge in [-0.25, -0.2) is 23.9 Å². The molecule has 1 aliphatic rings. The molecule has 0 bridgehead atoms. The SMILES string of the molecule is O=P(O)(O)OCC[C@H]1COC(Cc2ccc3ncnc(Nc4ccc(OCc5cccc(F)c5)c(Cl)c4)c3c2)=N1. The second-order valence-electron chi connectivity index (χ2n) is 9.04. The fraction of sp³-hybridized carbons (Fsp3) is 0.222. The lowest BCUT2D eigenvalue weighted by Crippen LogP contribution is -2.09. The van der Waals surface area contributed by atoms with Crippen LogP contribution in [0.1, 0.15) is 17.5 Å². The largest absolute Gasteiger partial charge is 0.487 e. The topological polar surface area (TPSA) is 135 Å². The summed E-state index contributed by atoms with van der Waals surface area (Å²) in [7, 11) is -4.50. The Hall–Kier alpha value is -3.60. The summed E-state index contributed by atoms with van der Waals surface area (Å²) >= 11 is 6.45. The van der Waals surface area contributed by atoms with Crippen LogP contribution in [0.5, 0.6) is 5.75 Å². The summed E-state index contributed by atoms with van der Waals surface area (Å²) in [4.78, 5) is 30.9. The van der Waals surface area contributed by atoms with Crippen molar-refractivity contribution in [2.45, 2.75) is 25.5 Å². The summed E-state index contributed by atoms with van der Waals surface area (Å²) in [5.41, 5.74) is 3.05. The number of rotatable bonds is 11. The Balaban J connectivity index is 1.25. The van der Waals surface area contributed by atoms with Gasteiger partial charge in [0.1, 0.15) is 36.9 Å². The quantitative estimate of drug-likeness (QED) is 0.192. The summed E-state index contributed by atoms with van der Waals surface area (Å²) in [6.07, 6.45) is 2.24. The minimum Gasteiger partial charge on any atom is -0.487 e. The van der Waals surface area contributed by atoms with E-state index in [9.17, 15) is 8.96 Å². The molecule has 0 spiro atoms. The van der Waals surface area contributed by atoms with Crippen molar-refractivity contribution in [2.24, 2.45) is 4.99 Å². The van der Waals surface area contributed by atoms with Gasteiger partial charge < -0.3 is 24.6 Å². The van der Waals surface area contributed by atoms with Crippen molar-refractivity contribution in [2.75, 3.05) is 18.5 Å². The Morgan fingerprint density at radius 3 is 2.77 bits per heavy atom. The van der Waals surface area contributed by atoms with Gasteiger partial charge in [0.15, 0.2) is 5.90 Å². The molecule has 3 N–H and O–H groups in total. The molecule has 5 rings (SSSR count). The second kappa shape index (κ2) is 12.3. The van der Waals surface area contributed by atoms with E-state index in [4.69, 9.17) is 30.9 Å². The highest BCUT2D eigenvalue weighted by Crippen LogP contribution is 2.36. The van der Waals surface area contributed by atoms with E-state index in [-0.39, 0.29) is 25.1 Å². The Labute approximate surface area is 234 Å². The van der Waals surface area contributed by atoms with E-state index in [1.807, 2.05) is 24.3 Å². The highest BCUT2D eigenvalue weighted by molar-refractivity contribution is 7.46. The maximum atomic E-state index is 13.4. The molecule has 1 aromatic heterocycles. The fourth-order valence-corrected chi connectivity index (χ4v) is 4.71. The molecule has 0 fully saturated rings. The van der Waals surface area contributed by atoms with Crippen molar-refractivity contribution < 1.29 is 32.7 Å². The first-order valence-electron chi connectivity index (χ1n) is 12.3. The Morgan fingerprint density at radius 2 is 1.98 bits per heavy atom. The van der Waals surface area contributed by atoms with Crippen LogP contribution in [0.3, 0.4) is 0 Å². The van der Waals surface area contributed by atoms with Gasteiger partial charge in [0.05, 0.1) is 23.2 Å². The lowest BCUT2D eigenvalue weighted by molar-refractivity contribution is 0.186. The van der Waals surface area contributed by atoms with E-state index in [1.54, 1.807) is 24.3 Å². The smallest absolute Gasteiger partial charge is 0.469 e. The monoisotopic (exact) mass is 586 g/mol. The number of anilines is 2. The molecule has 0 amide bonds. The zero-order valence-corrected chi connectivity index (χ0v) is 22.7. The Bertz CT molecular complexity index is 1600. The third-order valence-electron chi connectivity index (χ3n) is 6.01. The van der Waals surface area contributed by atoms with Crippen molar-refractivity contribution in [3.8, 4) is 5.75 Å². The maximum absolute atomic E-state index is 13.4. The molecule has 0 saturated heterocycles. The fourth-order valence-electron chi connectivity index (χ4n) is 4.13. The Kier molecular flexibility index (Phi) is 8.58. The molecule has 4 aromatic rings. The van der Waals surface area contributed by atoms with Crippen LogP contribution in [0.4, 0.5) is 15.9 Å². The number of benzene rings is 3. The highest BCUT2D eigenvalue weighted by atomic mass is 35.5. The van der Waals surface area contributed by atoms with Crippen molar-refractivity contribution in [3.05, 3.63) is 89.0 Å². The number of fused-ring (bicyclic) bond motifs is 1. The molecule has 40 heavy (non-hydrogen) atoms. The summed E-state index contributed by atoms with van der Waals surface area (Å²) < 4.78 is 40.2. The summed E-state index contributed by atoms with van der Waals surface area (Å²) in [6, 6.07) is 17.0. The number of aromatic nitrogens is 2. The molecule has 3 aromatic carbocycles. The van der Waals surface area contributed by atoms with E-state index in [0.717, 1.165) is 16.5 Å². The van der Waals surface area contributed by atoms with Crippen molar-refractivity contribution in [1.29, 1.82) is 0 Å². The van der Waals surface area contributed by atoms with Crippen LogP contribution in [0.25, 0.3) is 10.9 Å². The van der Waals surface area contributed by atoms with Gasteiger partial charge in [-0.2, -0.15) is 0 Å². The van der Waals surface area contributed by atoms with E-state index < -0.39 is 7.82 Å². The average molecular weight is 587 g/mol. The maximum Gasteiger partial charge on any atom is 0.469 e. The van der Waals surface area contributed by atoms with Gasteiger partial charge in [-0.05, 0) is 60.0 Å². The first-order chi connectivity index (χ1) is 19.2. The van der Waals surface area contributed by atoms with E-state index in [0.29, 0.717) is 53.2 Å². The van der Waals surface area contributed by atoms with Gasteiger partial charge in [-0.1, -0.05) is 29.8 Å². The van der Waals surface area contributed by atoms with Gasteiger partial charge in [0.25, 0.3) is 0 Å². The number of nitrogens with zero attached hydrogens (tertiary/aromatic N) is 3. The zero-order chi connectivity index (χ0) is 28.1. The van der Waals surface area contributed by atoms with E-state index in [1.165, 1.54) is 18.5 Å². The minimum absolute atomic E-state index is 0.110. The molecule has 10 nitrogen and oxygen atoms in total. The van der Waals surface area contributed by atoms with Crippen LogP contribution in [-0.4, -0.2) is 44.9 Å². The molecule has 1 atom stereocenters. The van der Waals surface area contributed by atoms with Crippen LogP contribution in [-0.2, 0) is 26.9 Å². The van der Waals surface area contributed by atoms with Crippen molar-refractivity contribution in [3.63, 3.8) is 0 Å². The number of aliphatic imine (C=N–C) groups is 1. The van der Waals surface area contributed by atoms with Crippen LogP contribution in [0.2, 0.25) is 5.02 Å². The van der Waals surface area contributed by atoms with Crippen LogP contribution >= 0.6 is 19.4 Å². The van der Waals surface area contributed by atoms with Crippen LogP contribution in [0.15, 0.2) is 72.0 Å². The van der Waals surface area contributed by atoms with Crippen molar-refractivity contribution >= 4 is 47.7 Å². The minimum atomic E-state index is -4.50. The zero-order valence-electron chi connectivity index (χ0n) is 21.0. The van der Waals surface area contributed by atoms with Gasteiger partial charge in [-0.15, -0.1) is 0 Å². The predicted molar refractivity (Wildman–Crippen MR) is 148 cm³/mol. The summed E-state index contributed by atoms with van der Waals surface area (Å²) in [6.45, 7) is 0.397. The van der Waals surface area contributed by atoms with Gasteiger partial charge in [-0.3, -0.25) is 4.52 Å². The third-order valence-corrected chi connectivity index (χ3v) is 6.83. The molecule has 0 aliphatic carbocycles. The van der Waals surface area contributed by atoms with Crippen molar-refractivity contribution in [1.82, 2.24) is 9.97 Å². The summed E-state index contributed by atoms with van der Waals surface area (Å²) in [5, 5.41) is 4.45. The Morgan fingerprint density at radius 1 is 1.10 bits per heavy atom. The molecule has 0 unspecified atom stereocenters. The van der Waals surface area contributed by atoms with E-state index >= 15 is 0 Å². The number of phosphoric acid groups is 1. The number of hydrogen-bond acceptors (Lipinski definition) is 8. The third kappa shape index (κ3) is 7.53. The second-order valence-corrected chi connectivity index (χ2v) is 10.7. The van der Waals surface area contributed by atoms with E-state index in [2.05, 4.69) is 24.8 Å². The van der Waals surface area contributed by atoms with Crippen LogP contribution in [0, 0.1) is 5.82 Å². The molecule has 0 radical (unpaired) electrons. The normalized spacial score (nSPS) is 15.1. The standard InChI is InChI=1S/C27H25ClFN4O6P/c28-23-13-20(5-7-25(23)37-14-18-2-1-3-19(29)10-18)33-27-22-11-17(4-6-24(22)30-16-31-27)12-26-32-21(15-38-26)8-9-39-40(34,35)36/h1-7,10-11,13,16,21H,8-9,12,14-15H2,(H,30,31,33)(H2,34,35,36)/t21-/m0/s1. The molecule has 2 heterocycles. The number of hydrogen-bond donors (Lipinski definition) is 3. The summed E-state index contributed by atoms with van der Waals surface area (Å²) in [5.74, 6) is 1.26. The van der Waals surface area contributed by atoms with Gasteiger partial charge in [0.2, 0.25) is 0 Å². The lowest BCUT2D eigenvalue weighted by Gasteiger charge is -2.12. The first kappa shape index (κ1) is 27.9. The predicted octanol–water partition coefficient (Wildman–Crippen LogP) is 5.58. The molecule has 0 saturated carbocycles. The average Bonchev–Trinajstić information content (AvgIpc) is 3.35. The number of ether oxygens (including phenoxy) is 2. The lowest BCUT2D eigenvalue weighted by atomic mass is 10.1. The molecular formula is C27H25ClFN4O6P.